The zero-order valence-electron chi connectivity index (χ0n) is 14.9. The average molecular weight is 409 g/mol. The Bertz CT molecular complexity index is 1170. The normalized spacial score (nSPS) is 13.7. The van der Waals surface area contributed by atoms with E-state index >= 15 is 0 Å². The number of amides is 1. The number of nitrogens with zero attached hydrogens (tertiary/aromatic N) is 3. The molecule has 0 bridgehead atoms. The molecule has 0 unspecified atom stereocenters. The molecule has 0 atom stereocenters. The summed E-state index contributed by atoms with van der Waals surface area (Å²) < 4.78 is 3.28. The number of thiazole rings is 1. The van der Waals surface area contributed by atoms with Gasteiger partial charge in [-0.2, -0.15) is 0 Å². The predicted molar refractivity (Wildman–Crippen MR) is 114 cm³/mol. The third-order valence-electron chi connectivity index (χ3n) is 5.09. The molecule has 0 radical (unpaired) electrons. The summed E-state index contributed by atoms with van der Waals surface area (Å²) in [5, 5.41) is 1.38. The first-order valence-corrected chi connectivity index (χ1v) is 10.2. The number of anilines is 1. The van der Waals surface area contributed by atoms with Crippen molar-refractivity contribution in [3.05, 3.63) is 70.9 Å². The molecule has 1 aliphatic heterocycles. The molecule has 5 nitrogen and oxygen atoms in total. The largest absolute Gasteiger partial charge is 0.365 e. The lowest BCUT2D eigenvalue weighted by Gasteiger charge is -2.29. The number of fused-ring (bicyclic) bond motifs is 2. The van der Waals surface area contributed by atoms with E-state index in [1.165, 1.54) is 0 Å². The van der Waals surface area contributed by atoms with E-state index in [9.17, 15) is 4.79 Å². The number of aromatic nitrogens is 2. The molecular formula is C21H17ClN4OS. The maximum Gasteiger partial charge on any atom is 0.252 e. The van der Waals surface area contributed by atoms with E-state index in [1.807, 2.05) is 48.5 Å². The van der Waals surface area contributed by atoms with Gasteiger partial charge in [0, 0.05) is 13.1 Å². The van der Waals surface area contributed by atoms with Crippen LogP contribution in [-0.4, -0.2) is 22.0 Å². The number of hydrogen-bond acceptors (Lipinski definition) is 4. The lowest BCUT2D eigenvalue weighted by Crippen LogP contribution is -2.34. The molecule has 2 aromatic heterocycles. The number of para-hydroxylation sites is 1. The maximum absolute atomic E-state index is 12.2. The van der Waals surface area contributed by atoms with Crippen molar-refractivity contribution in [1.29, 1.82) is 0 Å². The van der Waals surface area contributed by atoms with Crippen molar-refractivity contribution in [2.75, 3.05) is 11.4 Å². The summed E-state index contributed by atoms with van der Waals surface area (Å²) in [5.41, 5.74) is 9.79. The van der Waals surface area contributed by atoms with E-state index in [2.05, 4.69) is 15.5 Å². The Kier molecular flexibility index (Phi) is 4.10. The molecule has 140 valence electrons. The summed E-state index contributed by atoms with van der Waals surface area (Å²) in [4.78, 5) is 19.2. The van der Waals surface area contributed by atoms with Crippen molar-refractivity contribution in [3.8, 4) is 11.3 Å². The van der Waals surface area contributed by atoms with E-state index in [4.69, 9.17) is 22.3 Å². The molecule has 2 aromatic carbocycles. The van der Waals surface area contributed by atoms with Crippen LogP contribution in [0.5, 0.6) is 0 Å². The third-order valence-corrected chi connectivity index (χ3v) is 6.56. The first-order chi connectivity index (χ1) is 13.6. The van der Waals surface area contributed by atoms with E-state index in [0.717, 1.165) is 38.8 Å². The number of primary amides is 1. The van der Waals surface area contributed by atoms with Gasteiger partial charge < -0.3 is 15.2 Å². The van der Waals surface area contributed by atoms with Gasteiger partial charge in [0.05, 0.1) is 38.7 Å². The van der Waals surface area contributed by atoms with Crippen molar-refractivity contribution in [3.63, 3.8) is 0 Å². The second kappa shape index (κ2) is 6.65. The highest BCUT2D eigenvalue weighted by Crippen LogP contribution is 2.39. The van der Waals surface area contributed by atoms with Gasteiger partial charge in [-0.3, -0.25) is 4.79 Å². The van der Waals surface area contributed by atoms with Gasteiger partial charge in [-0.15, -0.1) is 0 Å². The molecule has 0 spiro atoms. The van der Waals surface area contributed by atoms with E-state index < -0.39 is 5.91 Å². The quantitative estimate of drug-likeness (QED) is 0.541. The van der Waals surface area contributed by atoms with Crippen molar-refractivity contribution >= 4 is 44.2 Å². The molecular weight excluding hydrogens is 392 g/mol. The van der Waals surface area contributed by atoms with Gasteiger partial charge >= 0.3 is 0 Å². The first kappa shape index (κ1) is 17.3. The number of carbonyl (C=O) groups excluding carboxylic acids is 1. The Labute approximate surface area is 171 Å². The SMILES string of the molecule is NC(=O)c1c(Cl)c(-c2ccccc2)n2c1CN(c1nc3ccccc3s1)CC2. The smallest absolute Gasteiger partial charge is 0.252 e. The number of hydrogen-bond donors (Lipinski definition) is 1. The molecule has 1 amide bonds. The minimum absolute atomic E-state index is 0.409. The summed E-state index contributed by atoms with van der Waals surface area (Å²) in [6, 6.07) is 18.0. The summed E-state index contributed by atoms with van der Waals surface area (Å²) >= 11 is 8.31. The van der Waals surface area contributed by atoms with E-state index in [0.29, 0.717) is 23.7 Å². The highest BCUT2D eigenvalue weighted by molar-refractivity contribution is 7.22. The third kappa shape index (κ3) is 2.68. The molecule has 2 N–H and O–H groups in total. The van der Waals surface area contributed by atoms with E-state index in [1.54, 1.807) is 11.3 Å². The maximum atomic E-state index is 12.2. The highest BCUT2D eigenvalue weighted by atomic mass is 35.5. The Morgan fingerprint density at radius 3 is 2.57 bits per heavy atom. The lowest BCUT2D eigenvalue weighted by atomic mass is 10.1. The first-order valence-electron chi connectivity index (χ1n) is 9.00. The van der Waals surface area contributed by atoms with Crippen LogP contribution in [0, 0.1) is 0 Å². The van der Waals surface area contributed by atoms with Crippen LogP contribution in [0.4, 0.5) is 5.13 Å². The fourth-order valence-electron chi connectivity index (χ4n) is 3.81. The van der Waals surface area contributed by atoms with Crippen LogP contribution >= 0.6 is 22.9 Å². The molecule has 4 aromatic rings. The van der Waals surface area contributed by atoms with Gasteiger partial charge in [0.1, 0.15) is 0 Å². The second-order valence-corrected chi connectivity index (χ2v) is 8.14. The highest BCUT2D eigenvalue weighted by Gasteiger charge is 2.30. The monoisotopic (exact) mass is 408 g/mol. The summed E-state index contributed by atoms with van der Waals surface area (Å²) in [6.07, 6.45) is 0. The zero-order valence-corrected chi connectivity index (χ0v) is 16.5. The molecule has 0 saturated carbocycles. The van der Waals surface area contributed by atoms with Gasteiger partial charge in [-0.1, -0.05) is 65.4 Å². The number of carbonyl (C=O) groups is 1. The molecule has 0 aliphatic carbocycles. The number of nitrogens with two attached hydrogens (primary N) is 1. The van der Waals surface area contributed by atoms with Crippen molar-refractivity contribution in [1.82, 2.24) is 9.55 Å². The molecule has 1 aliphatic rings. The number of benzene rings is 2. The van der Waals surface area contributed by atoms with E-state index in [-0.39, 0.29) is 0 Å². The van der Waals surface area contributed by atoms with Crippen LogP contribution < -0.4 is 10.6 Å². The molecule has 3 heterocycles. The minimum atomic E-state index is -0.498. The van der Waals surface area contributed by atoms with Crippen LogP contribution in [-0.2, 0) is 13.1 Å². The van der Waals surface area contributed by atoms with Gasteiger partial charge in [0.25, 0.3) is 5.91 Å². The van der Waals surface area contributed by atoms with Crippen molar-refractivity contribution < 1.29 is 4.79 Å². The Balaban J connectivity index is 1.61. The van der Waals surface area contributed by atoms with Crippen molar-refractivity contribution in [2.24, 2.45) is 5.73 Å². The van der Waals surface area contributed by atoms with Crippen LogP contribution in [0.25, 0.3) is 21.5 Å². The summed E-state index contributed by atoms with van der Waals surface area (Å²) in [7, 11) is 0. The van der Waals surface area contributed by atoms with Gasteiger partial charge in [0.2, 0.25) is 0 Å². The van der Waals surface area contributed by atoms with Crippen LogP contribution in [0.1, 0.15) is 16.1 Å². The van der Waals surface area contributed by atoms with Crippen LogP contribution in [0.3, 0.4) is 0 Å². The number of halogens is 1. The summed E-state index contributed by atoms with van der Waals surface area (Å²) in [5.74, 6) is -0.498. The number of rotatable bonds is 3. The van der Waals surface area contributed by atoms with Gasteiger partial charge in [-0.25, -0.2) is 4.98 Å². The van der Waals surface area contributed by atoms with Gasteiger partial charge in [0.15, 0.2) is 5.13 Å². The lowest BCUT2D eigenvalue weighted by molar-refractivity contribution is 0.0999. The Morgan fingerprint density at radius 2 is 1.82 bits per heavy atom. The fourth-order valence-corrected chi connectivity index (χ4v) is 5.22. The second-order valence-electron chi connectivity index (χ2n) is 6.75. The standard InChI is InChI=1S/C21H17ClN4OS/c22-18-17(20(23)27)15-12-25(21-24-14-8-4-5-9-16(14)28-21)10-11-26(15)19(18)13-6-2-1-3-7-13/h1-9H,10-12H2,(H2,23,27). The van der Waals surface area contributed by atoms with Crippen LogP contribution in [0.2, 0.25) is 5.02 Å². The van der Waals surface area contributed by atoms with Crippen molar-refractivity contribution in [2.45, 2.75) is 13.1 Å². The molecule has 0 saturated heterocycles. The Hall–Kier alpha value is -2.83. The fraction of sp³-hybridized carbons (Fsp3) is 0.143. The Morgan fingerprint density at radius 1 is 1.07 bits per heavy atom. The minimum Gasteiger partial charge on any atom is -0.365 e. The predicted octanol–water partition coefficient (Wildman–Crippen LogP) is 4.54. The molecule has 5 rings (SSSR count). The molecule has 28 heavy (non-hydrogen) atoms. The van der Waals surface area contributed by atoms with Crippen LogP contribution in [0.15, 0.2) is 54.6 Å². The zero-order chi connectivity index (χ0) is 19.3. The average Bonchev–Trinajstić information content (AvgIpc) is 3.26. The molecule has 7 heteroatoms. The molecule has 0 fully saturated rings. The van der Waals surface area contributed by atoms with Gasteiger partial charge in [-0.05, 0) is 17.7 Å². The topological polar surface area (TPSA) is 64.2 Å². The summed E-state index contributed by atoms with van der Waals surface area (Å²) in [6.45, 7) is 2.04.